The molecular formula is C12H21N3. The van der Waals surface area contributed by atoms with Crippen molar-refractivity contribution in [1.29, 1.82) is 0 Å². The summed E-state index contributed by atoms with van der Waals surface area (Å²) in [6.45, 7) is 6.35. The van der Waals surface area contributed by atoms with Crippen molar-refractivity contribution < 1.29 is 0 Å². The van der Waals surface area contributed by atoms with Gasteiger partial charge in [0.25, 0.3) is 0 Å². The number of hydrogen-bond acceptors (Lipinski definition) is 2. The first-order chi connectivity index (χ1) is 7.24. The molecule has 0 spiro atoms. The van der Waals surface area contributed by atoms with E-state index in [0.717, 1.165) is 12.4 Å². The van der Waals surface area contributed by atoms with Crippen LogP contribution in [-0.4, -0.2) is 16.5 Å². The third-order valence-corrected chi connectivity index (χ3v) is 3.31. The van der Waals surface area contributed by atoms with Crippen LogP contribution in [0.1, 0.15) is 44.1 Å². The highest BCUT2D eigenvalue weighted by Gasteiger charge is 2.40. The van der Waals surface area contributed by atoms with Crippen LogP contribution in [-0.2, 0) is 6.54 Å². The van der Waals surface area contributed by atoms with Gasteiger partial charge in [0.15, 0.2) is 0 Å². The Bertz CT molecular complexity index is 312. The summed E-state index contributed by atoms with van der Waals surface area (Å²) in [6.07, 6.45) is 7.43. The number of rotatable bonds is 6. The number of aromatic nitrogens is 2. The lowest BCUT2D eigenvalue weighted by molar-refractivity contribution is 0.419. The Hall–Kier alpha value is -0.830. The fourth-order valence-electron chi connectivity index (χ4n) is 2.25. The van der Waals surface area contributed by atoms with E-state index in [-0.39, 0.29) is 0 Å². The van der Waals surface area contributed by atoms with E-state index in [1.54, 1.807) is 0 Å². The van der Waals surface area contributed by atoms with Crippen molar-refractivity contribution in [2.45, 2.75) is 46.1 Å². The molecule has 84 valence electrons. The first kappa shape index (κ1) is 10.7. The SMILES string of the molecule is CCCC1(CNCc2cnc(C)[nH]2)CC1. The van der Waals surface area contributed by atoms with E-state index >= 15 is 0 Å². The molecule has 3 nitrogen and oxygen atoms in total. The first-order valence-corrected chi connectivity index (χ1v) is 5.95. The maximum absolute atomic E-state index is 4.19. The van der Waals surface area contributed by atoms with Crippen molar-refractivity contribution >= 4 is 0 Å². The Morgan fingerprint density at radius 2 is 2.33 bits per heavy atom. The van der Waals surface area contributed by atoms with Crippen molar-refractivity contribution in [2.24, 2.45) is 5.41 Å². The second kappa shape index (κ2) is 4.35. The van der Waals surface area contributed by atoms with Crippen LogP contribution in [0.15, 0.2) is 6.20 Å². The summed E-state index contributed by atoms with van der Waals surface area (Å²) in [5.41, 5.74) is 1.84. The van der Waals surface area contributed by atoms with E-state index < -0.39 is 0 Å². The van der Waals surface area contributed by atoms with Crippen LogP contribution in [0.25, 0.3) is 0 Å². The number of aryl methyl sites for hydroxylation is 1. The maximum Gasteiger partial charge on any atom is 0.103 e. The van der Waals surface area contributed by atoms with E-state index in [9.17, 15) is 0 Å². The van der Waals surface area contributed by atoms with Crippen molar-refractivity contribution in [2.75, 3.05) is 6.54 Å². The minimum Gasteiger partial charge on any atom is -0.345 e. The highest BCUT2D eigenvalue weighted by Crippen LogP contribution is 2.48. The predicted octanol–water partition coefficient (Wildman–Crippen LogP) is 2.39. The Morgan fingerprint density at radius 1 is 1.53 bits per heavy atom. The van der Waals surface area contributed by atoms with Crippen LogP contribution in [0.4, 0.5) is 0 Å². The van der Waals surface area contributed by atoms with Gasteiger partial charge in [0.1, 0.15) is 5.82 Å². The Balaban J connectivity index is 1.71. The first-order valence-electron chi connectivity index (χ1n) is 5.95. The molecule has 2 N–H and O–H groups in total. The number of imidazole rings is 1. The molecule has 0 atom stereocenters. The van der Waals surface area contributed by atoms with Crippen molar-refractivity contribution in [1.82, 2.24) is 15.3 Å². The second-order valence-electron chi connectivity index (χ2n) is 4.85. The van der Waals surface area contributed by atoms with Crippen LogP contribution in [0.3, 0.4) is 0 Å². The Labute approximate surface area is 91.7 Å². The quantitative estimate of drug-likeness (QED) is 0.752. The standard InChI is InChI=1S/C12H21N3/c1-3-4-12(5-6-12)9-13-7-11-8-14-10(2)15-11/h8,13H,3-7,9H2,1-2H3,(H,14,15). The lowest BCUT2D eigenvalue weighted by atomic mass is 10.0. The van der Waals surface area contributed by atoms with Crippen LogP contribution >= 0.6 is 0 Å². The molecule has 0 radical (unpaired) electrons. The molecule has 0 amide bonds. The van der Waals surface area contributed by atoms with Gasteiger partial charge < -0.3 is 10.3 Å². The Morgan fingerprint density at radius 3 is 2.87 bits per heavy atom. The fraction of sp³-hybridized carbons (Fsp3) is 0.750. The average molecular weight is 207 g/mol. The van der Waals surface area contributed by atoms with Gasteiger partial charge in [-0.05, 0) is 31.6 Å². The van der Waals surface area contributed by atoms with Crippen molar-refractivity contribution in [3.63, 3.8) is 0 Å². The van der Waals surface area contributed by atoms with Crippen LogP contribution < -0.4 is 5.32 Å². The lowest BCUT2D eigenvalue weighted by Gasteiger charge is -2.14. The van der Waals surface area contributed by atoms with Gasteiger partial charge in [-0.25, -0.2) is 4.98 Å². The molecule has 2 rings (SSSR count). The van der Waals surface area contributed by atoms with Gasteiger partial charge in [-0.1, -0.05) is 13.3 Å². The van der Waals surface area contributed by atoms with Gasteiger partial charge in [-0.2, -0.15) is 0 Å². The third kappa shape index (κ3) is 2.81. The molecule has 1 aromatic heterocycles. The van der Waals surface area contributed by atoms with E-state index in [4.69, 9.17) is 0 Å². The molecule has 15 heavy (non-hydrogen) atoms. The molecule has 1 aliphatic carbocycles. The third-order valence-electron chi connectivity index (χ3n) is 3.31. The minimum atomic E-state index is 0.643. The molecule has 1 heterocycles. The normalized spacial score (nSPS) is 18.0. The van der Waals surface area contributed by atoms with E-state index in [2.05, 4.69) is 22.2 Å². The average Bonchev–Trinajstić information content (AvgIpc) is 2.83. The zero-order valence-electron chi connectivity index (χ0n) is 9.77. The summed E-state index contributed by atoms with van der Waals surface area (Å²) in [6, 6.07) is 0. The van der Waals surface area contributed by atoms with Crippen molar-refractivity contribution in [3.05, 3.63) is 17.7 Å². The smallest absolute Gasteiger partial charge is 0.103 e. The summed E-state index contributed by atoms with van der Waals surface area (Å²) >= 11 is 0. The number of aromatic amines is 1. The van der Waals surface area contributed by atoms with Crippen LogP contribution in [0.5, 0.6) is 0 Å². The van der Waals surface area contributed by atoms with Crippen LogP contribution in [0, 0.1) is 12.3 Å². The van der Waals surface area contributed by atoms with E-state index in [1.807, 2.05) is 13.1 Å². The van der Waals surface area contributed by atoms with Gasteiger partial charge in [0, 0.05) is 25.0 Å². The zero-order valence-corrected chi connectivity index (χ0v) is 9.77. The van der Waals surface area contributed by atoms with Gasteiger partial charge in [-0.3, -0.25) is 0 Å². The molecule has 1 aromatic rings. The van der Waals surface area contributed by atoms with E-state index in [1.165, 1.54) is 37.9 Å². The zero-order chi connectivity index (χ0) is 10.7. The second-order valence-corrected chi connectivity index (χ2v) is 4.85. The predicted molar refractivity (Wildman–Crippen MR) is 61.6 cm³/mol. The fourth-order valence-corrected chi connectivity index (χ4v) is 2.25. The summed E-state index contributed by atoms with van der Waals surface area (Å²) in [5.74, 6) is 1.00. The summed E-state index contributed by atoms with van der Waals surface area (Å²) in [7, 11) is 0. The largest absolute Gasteiger partial charge is 0.345 e. The van der Waals surface area contributed by atoms with Gasteiger partial charge >= 0.3 is 0 Å². The topological polar surface area (TPSA) is 40.7 Å². The lowest BCUT2D eigenvalue weighted by Crippen LogP contribution is -2.23. The van der Waals surface area contributed by atoms with Gasteiger partial charge in [0.2, 0.25) is 0 Å². The van der Waals surface area contributed by atoms with E-state index in [0.29, 0.717) is 5.41 Å². The molecular weight excluding hydrogens is 186 g/mol. The maximum atomic E-state index is 4.19. The molecule has 0 unspecified atom stereocenters. The molecule has 3 heteroatoms. The molecule has 0 saturated heterocycles. The number of nitrogens with one attached hydrogen (secondary N) is 2. The summed E-state index contributed by atoms with van der Waals surface area (Å²) in [5, 5.41) is 3.53. The minimum absolute atomic E-state index is 0.643. The monoisotopic (exact) mass is 207 g/mol. The Kier molecular flexibility index (Phi) is 3.10. The highest BCUT2D eigenvalue weighted by molar-refractivity contribution is 5.00. The number of hydrogen-bond donors (Lipinski definition) is 2. The summed E-state index contributed by atoms with van der Waals surface area (Å²) in [4.78, 5) is 7.43. The molecule has 1 aliphatic rings. The number of H-pyrrole nitrogens is 1. The number of nitrogens with zero attached hydrogens (tertiary/aromatic N) is 1. The van der Waals surface area contributed by atoms with Gasteiger partial charge in [-0.15, -0.1) is 0 Å². The van der Waals surface area contributed by atoms with Crippen LogP contribution in [0.2, 0.25) is 0 Å². The van der Waals surface area contributed by atoms with Crippen molar-refractivity contribution in [3.8, 4) is 0 Å². The highest BCUT2D eigenvalue weighted by atomic mass is 15.0. The molecule has 0 bridgehead atoms. The molecule has 1 saturated carbocycles. The molecule has 1 fully saturated rings. The molecule has 0 aromatic carbocycles. The molecule has 0 aliphatic heterocycles. The summed E-state index contributed by atoms with van der Waals surface area (Å²) < 4.78 is 0. The van der Waals surface area contributed by atoms with Gasteiger partial charge in [0.05, 0.1) is 0 Å².